The Kier molecular flexibility index (Phi) is 4.74. The molecule has 3 aromatic rings. The Morgan fingerprint density at radius 1 is 1.31 bits per heavy atom. The zero-order valence-corrected chi connectivity index (χ0v) is 15.8. The fourth-order valence-corrected chi connectivity index (χ4v) is 3.07. The van der Waals surface area contributed by atoms with E-state index in [4.69, 9.17) is 10.00 Å². The van der Waals surface area contributed by atoms with Gasteiger partial charge in [0, 0.05) is 24.4 Å². The van der Waals surface area contributed by atoms with Crippen LogP contribution in [-0.4, -0.2) is 40.4 Å². The van der Waals surface area contributed by atoms with Crippen LogP contribution in [0.2, 0.25) is 0 Å². The number of amides is 1. The molecule has 0 atom stereocenters. The van der Waals surface area contributed by atoms with Crippen molar-refractivity contribution in [1.29, 1.82) is 5.26 Å². The molecule has 1 aliphatic rings. The van der Waals surface area contributed by atoms with Gasteiger partial charge in [0.2, 0.25) is 0 Å². The molecule has 1 saturated heterocycles. The van der Waals surface area contributed by atoms with Crippen molar-refractivity contribution in [3.63, 3.8) is 0 Å². The van der Waals surface area contributed by atoms with E-state index in [0.717, 1.165) is 0 Å². The quantitative estimate of drug-likeness (QED) is 0.692. The normalized spacial score (nSPS) is 14.6. The summed E-state index contributed by atoms with van der Waals surface area (Å²) >= 11 is 0. The number of nitrogens with one attached hydrogen (secondary N) is 2. The molecule has 4 rings (SSSR count). The number of benzene rings is 1. The summed E-state index contributed by atoms with van der Waals surface area (Å²) in [6.45, 7) is 3.88. The maximum Gasteiger partial charge on any atom is 0.280 e. The molecule has 0 unspecified atom stereocenters. The third-order valence-corrected chi connectivity index (χ3v) is 4.91. The summed E-state index contributed by atoms with van der Waals surface area (Å²) in [6.07, 6.45) is 3.03. The van der Waals surface area contributed by atoms with Crippen LogP contribution in [0.15, 0.2) is 53.6 Å². The number of nitriles is 1. The van der Waals surface area contributed by atoms with E-state index in [9.17, 15) is 9.59 Å². The average Bonchev–Trinajstić information content (AvgIpc) is 3.12. The zero-order valence-electron chi connectivity index (χ0n) is 15.8. The molecule has 1 aliphatic heterocycles. The highest BCUT2D eigenvalue weighted by atomic mass is 16.5. The molecule has 0 bridgehead atoms. The highest BCUT2D eigenvalue weighted by Crippen LogP contribution is 2.25. The van der Waals surface area contributed by atoms with Crippen molar-refractivity contribution in [2.75, 3.05) is 19.8 Å². The van der Waals surface area contributed by atoms with E-state index >= 15 is 0 Å². The first-order valence-electron chi connectivity index (χ1n) is 9.12. The average molecular weight is 389 g/mol. The number of ether oxygens (including phenoxy) is 1. The lowest BCUT2D eigenvalue weighted by molar-refractivity contribution is -0.0978. The molecule has 8 heteroatoms. The molecule has 0 spiro atoms. The van der Waals surface area contributed by atoms with E-state index in [0.29, 0.717) is 47.8 Å². The molecule has 1 amide bonds. The minimum absolute atomic E-state index is 0.0115. The smallest absolute Gasteiger partial charge is 0.280 e. The van der Waals surface area contributed by atoms with Crippen LogP contribution >= 0.6 is 0 Å². The van der Waals surface area contributed by atoms with Gasteiger partial charge in [-0.25, -0.2) is 9.67 Å². The van der Waals surface area contributed by atoms with Crippen LogP contribution in [-0.2, 0) is 4.74 Å². The molecule has 8 nitrogen and oxygen atoms in total. The molecule has 2 aromatic heterocycles. The Balaban J connectivity index is 1.50. The van der Waals surface area contributed by atoms with Crippen LogP contribution in [0.4, 0.5) is 0 Å². The van der Waals surface area contributed by atoms with Crippen molar-refractivity contribution in [3.05, 3.63) is 70.3 Å². The SMILES string of the molecule is CC1(CNC(=O)c2ccc(-n3[nH]cc(-c4ccc(C#N)cc4)c3=O)nc2)COC1. The lowest BCUT2D eigenvalue weighted by atomic mass is 9.89. The molecule has 1 aromatic carbocycles. The maximum atomic E-state index is 12.7. The minimum Gasteiger partial charge on any atom is -0.380 e. The second kappa shape index (κ2) is 7.37. The van der Waals surface area contributed by atoms with Gasteiger partial charge in [0.25, 0.3) is 11.5 Å². The van der Waals surface area contributed by atoms with Crippen molar-refractivity contribution < 1.29 is 9.53 Å². The first kappa shape index (κ1) is 18.7. The van der Waals surface area contributed by atoms with Gasteiger partial charge >= 0.3 is 0 Å². The van der Waals surface area contributed by atoms with Gasteiger partial charge in [-0.1, -0.05) is 19.1 Å². The largest absolute Gasteiger partial charge is 0.380 e. The predicted molar refractivity (Wildman–Crippen MR) is 106 cm³/mol. The fraction of sp³-hybridized carbons (Fsp3) is 0.238. The number of carbonyl (C=O) groups is 1. The highest BCUT2D eigenvalue weighted by Gasteiger charge is 2.33. The number of rotatable bonds is 5. The van der Waals surface area contributed by atoms with Gasteiger partial charge in [-0.3, -0.25) is 14.7 Å². The maximum absolute atomic E-state index is 12.7. The number of aromatic amines is 1. The summed E-state index contributed by atoms with van der Waals surface area (Å²) in [5.41, 5.74) is 1.84. The molecule has 0 radical (unpaired) electrons. The zero-order chi connectivity index (χ0) is 20.4. The minimum atomic E-state index is -0.266. The Morgan fingerprint density at radius 2 is 2.07 bits per heavy atom. The van der Waals surface area contributed by atoms with Crippen LogP contribution in [0, 0.1) is 16.7 Å². The molecule has 0 saturated carbocycles. The summed E-state index contributed by atoms with van der Waals surface area (Å²) in [6, 6.07) is 12.1. The van der Waals surface area contributed by atoms with Gasteiger partial charge in [0.05, 0.1) is 36.0 Å². The summed E-state index contributed by atoms with van der Waals surface area (Å²) in [5.74, 6) is 0.167. The molecule has 1 fully saturated rings. The van der Waals surface area contributed by atoms with Crippen molar-refractivity contribution in [2.24, 2.45) is 5.41 Å². The number of nitrogens with zero attached hydrogens (tertiary/aromatic N) is 3. The van der Waals surface area contributed by atoms with Crippen LogP contribution in [0.5, 0.6) is 0 Å². The van der Waals surface area contributed by atoms with Gasteiger partial charge in [-0.15, -0.1) is 0 Å². The van der Waals surface area contributed by atoms with E-state index in [1.165, 1.54) is 10.9 Å². The van der Waals surface area contributed by atoms with Crippen LogP contribution in [0.25, 0.3) is 16.9 Å². The fourth-order valence-electron chi connectivity index (χ4n) is 3.07. The van der Waals surface area contributed by atoms with E-state index in [-0.39, 0.29) is 16.9 Å². The van der Waals surface area contributed by atoms with Crippen LogP contribution in [0.1, 0.15) is 22.8 Å². The molecule has 146 valence electrons. The molecular weight excluding hydrogens is 370 g/mol. The lowest BCUT2D eigenvalue weighted by Crippen LogP contribution is -2.48. The van der Waals surface area contributed by atoms with Crippen molar-refractivity contribution in [1.82, 2.24) is 20.1 Å². The number of hydrogen-bond acceptors (Lipinski definition) is 5. The van der Waals surface area contributed by atoms with Gasteiger partial charge in [0.15, 0.2) is 5.82 Å². The van der Waals surface area contributed by atoms with Gasteiger partial charge in [0.1, 0.15) is 0 Å². The van der Waals surface area contributed by atoms with Crippen molar-refractivity contribution >= 4 is 5.91 Å². The highest BCUT2D eigenvalue weighted by molar-refractivity contribution is 5.93. The van der Waals surface area contributed by atoms with Crippen LogP contribution in [0.3, 0.4) is 0 Å². The number of carbonyl (C=O) groups excluding carboxylic acids is 1. The van der Waals surface area contributed by atoms with E-state index < -0.39 is 0 Å². The third-order valence-electron chi connectivity index (χ3n) is 4.91. The summed E-state index contributed by atoms with van der Waals surface area (Å²) in [4.78, 5) is 29.3. The standard InChI is InChI=1S/C21H19N5O3/c1-21(12-29-13-21)11-24-19(27)16-6-7-18(23-9-16)26-20(28)17(10-25-26)15-4-2-14(8-22)3-5-15/h2-7,9-10,25H,11-13H2,1H3,(H,24,27). The Bertz CT molecular complexity index is 1130. The molecule has 29 heavy (non-hydrogen) atoms. The molecule has 2 N–H and O–H groups in total. The first-order valence-corrected chi connectivity index (χ1v) is 9.12. The Labute approximate surface area is 166 Å². The second-order valence-corrected chi connectivity index (χ2v) is 7.41. The number of aromatic nitrogens is 3. The monoisotopic (exact) mass is 389 g/mol. The number of pyridine rings is 1. The van der Waals surface area contributed by atoms with Gasteiger partial charge < -0.3 is 10.1 Å². The molecular formula is C21H19N5O3. The summed E-state index contributed by atoms with van der Waals surface area (Å²) in [7, 11) is 0. The van der Waals surface area contributed by atoms with E-state index in [1.54, 1.807) is 42.6 Å². The van der Waals surface area contributed by atoms with Gasteiger partial charge in [-0.05, 0) is 29.8 Å². The van der Waals surface area contributed by atoms with Crippen LogP contribution < -0.4 is 10.9 Å². The summed E-state index contributed by atoms with van der Waals surface area (Å²) < 4.78 is 6.49. The van der Waals surface area contributed by atoms with Gasteiger partial charge in [-0.2, -0.15) is 5.26 Å². The third kappa shape index (κ3) is 3.68. The Hall–Kier alpha value is -3.70. The second-order valence-electron chi connectivity index (χ2n) is 7.41. The molecule has 3 heterocycles. The predicted octanol–water partition coefficient (Wildman–Crippen LogP) is 1.87. The van der Waals surface area contributed by atoms with Crippen molar-refractivity contribution in [2.45, 2.75) is 6.92 Å². The Morgan fingerprint density at radius 3 is 2.66 bits per heavy atom. The molecule has 0 aliphatic carbocycles. The topological polar surface area (TPSA) is 113 Å². The number of hydrogen-bond donors (Lipinski definition) is 2. The van der Waals surface area contributed by atoms with Crippen molar-refractivity contribution in [3.8, 4) is 23.0 Å². The number of H-pyrrole nitrogens is 1. The lowest BCUT2D eigenvalue weighted by Gasteiger charge is -2.37. The first-order chi connectivity index (χ1) is 14.0. The van der Waals surface area contributed by atoms with E-state index in [1.807, 2.05) is 6.07 Å². The van der Waals surface area contributed by atoms with E-state index in [2.05, 4.69) is 22.3 Å². The summed E-state index contributed by atoms with van der Waals surface area (Å²) in [5, 5.41) is 14.7.